The summed E-state index contributed by atoms with van der Waals surface area (Å²) < 4.78 is 18.5. The normalized spacial score (nSPS) is 47.1. The number of nitrogens with one attached hydrogen (secondary N) is 1. The maximum absolute atomic E-state index is 13.1. The van der Waals surface area contributed by atoms with Crippen LogP contribution in [0.1, 0.15) is 12.8 Å². The summed E-state index contributed by atoms with van der Waals surface area (Å²) >= 11 is 0. The molecule has 2 rings (SSSR count). The highest BCUT2D eigenvalue weighted by molar-refractivity contribution is 5.00. The van der Waals surface area contributed by atoms with Gasteiger partial charge in [0.05, 0.1) is 0 Å². The Morgan fingerprint density at radius 2 is 2.50 bits per heavy atom. The van der Waals surface area contributed by atoms with Crippen molar-refractivity contribution in [2.45, 2.75) is 24.6 Å². The predicted molar refractivity (Wildman–Crippen MR) is 35.7 cm³/mol. The molecule has 0 amide bonds. The van der Waals surface area contributed by atoms with Crippen molar-refractivity contribution in [3.05, 3.63) is 0 Å². The summed E-state index contributed by atoms with van der Waals surface area (Å²) in [4.78, 5) is 0. The molecular formula is C7H12FNO. The Morgan fingerprint density at radius 1 is 1.60 bits per heavy atom. The molecule has 2 fully saturated rings. The van der Waals surface area contributed by atoms with Crippen LogP contribution >= 0.6 is 0 Å². The minimum atomic E-state index is -0.782. The first-order chi connectivity index (χ1) is 4.83. The maximum Gasteiger partial charge on any atom is 0.143 e. The molecule has 1 N–H and O–H groups in total. The Bertz CT molecular complexity index is 128. The molecule has 0 aromatic heterocycles. The predicted octanol–water partition coefficient (Wildman–Crippen LogP) is 0.477. The third-order valence-electron chi connectivity index (χ3n) is 2.45. The zero-order valence-electron chi connectivity index (χ0n) is 5.90. The molecule has 2 heterocycles. The molecule has 0 aliphatic carbocycles. The second-order valence-corrected chi connectivity index (χ2v) is 3.12. The van der Waals surface area contributed by atoms with E-state index in [0.717, 1.165) is 19.4 Å². The minimum absolute atomic E-state index is 0.431. The van der Waals surface area contributed by atoms with E-state index in [1.165, 1.54) is 0 Å². The molecule has 0 aromatic carbocycles. The highest BCUT2D eigenvalue weighted by Crippen LogP contribution is 2.33. The van der Waals surface area contributed by atoms with Crippen LogP contribution in [0, 0.1) is 0 Å². The number of hydrogen-bond acceptors (Lipinski definition) is 2. The Kier molecular flexibility index (Phi) is 1.42. The quantitative estimate of drug-likeness (QED) is 0.535. The van der Waals surface area contributed by atoms with Gasteiger partial charge < -0.3 is 10.1 Å². The third kappa shape index (κ3) is 0.772. The Morgan fingerprint density at radius 3 is 3.00 bits per heavy atom. The van der Waals surface area contributed by atoms with E-state index in [1.54, 1.807) is 0 Å². The van der Waals surface area contributed by atoms with Gasteiger partial charge >= 0.3 is 0 Å². The van der Waals surface area contributed by atoms with E-state index in [0.29, 0.717) is 13.1 Å². The summed E-state index contributed by atoms with van der Waals surface area (Å²) in [5.74, 6) is 0. The van der Waals surface area contributed by atoms with Gasteiger partial charge in [0.1, 0.15) is 11.8 Å². The lowest BCUT2D eigenvalue weighted by atomic mass is 9.98. The van der Waals surface area contributed by atoms with Crippen LogP contribution < -0.4 is 5.32 Å². The number of rotatable bonds is 0. The molecule has 1 spiro atoms. The van der Waals surface area contributed by atoms with E-state index in [-0.39, 0.29) is 0 Å². The second kappa shape index (κ2) is 2.17. The van der Waals surface area contributed by atoms with Crippen LogP contribution in [0.2, 0.25) is 0 Å². The zero-order chi connectivity index (χ0) is 7.03. The number of alkyl halides is 1. The van der Waals surface area contributed by atoms with Crippen LogP contribution in [0.3, 0.4) is 0 Å². The number of halogens is 1. The molecule has 2 unspecified atom stereocenters. The Labute approximate surface area is 59.7 Å². The maximum atomic E-state index is 13.1. The molecule has 2 aliphatic rings. The molecular weight excluding hydrogens is 133 g/mol. The van der Waals surface area contributed by atoms with Gasteiger partial charge in [0, 0.05) is 19.7 Å². The van der Waals surface area contributed by atoms with Crippen molar-refractivity contribution < 1.29 is 9.13 Å². The van der Waals surface area contributed by atoms with E-state index in [9.17, 15) is 4.39 Å². The molecule has 2 saturated heterocycles. The summed E-state index contributed by atoms with van der Waals surface area (Å²) in [6.45, 7) is 1.91. The van der Waals surface area contributed by atoms with Crippen molar-refractivity contribution in [1.29, 1.82) is 0 Å². The van der Waals surface area contributed by atoms with Crippen LogP contribution in [0.25, 0.3) is 0 Å². The Hall–Kier alpha value is -0.150. The summed E-state index contributed by atoms with van der Waals surface area (Å²) in [6.07, 6.45) is 1.12. The van der Waals surface area contributed by atoms with Crippen molar-refractivity contribution in [1.82, 2.24) is 5.32 Å². The largest absolute Gasteiger partial charge is 0.371 e. The second-order valence-electron chi connectivity index (χ2n) is 3.12. The van der Waals surface area contributed by atoms with E-state index in [4.69, 9.17) is 4.74 Å². The third-order valence-corrected chi connectivity index (χ3v) is 2.45. The Balaban J connectivity index is 2.11. The fourth-order valence-corrected chi connectivity index (χ4v) is 1.81. The van der Waals surface area contributed by atoms with Crippen molar-refractivity contribution in [3.63, 3.8) is 0 Å². The van der Waals surface area contributed by atoms with Gasteiger partial charge in [-0.15, -0.1) is 0 Å². The first kappa shape index (κ1) is 6.55. The van der Waals surface area contributed by atoms with Gasteiger partial charge in [-0.2, -0.15) is 0 Å². The van der Waals surface area contributed by atoms with Gasteiger partial charge in [-0.25, -0.2) is 4.39 Å². The molecule has 2 aliphatic heterocycles. The highest BCUT2D eigenvalue weighted by Gasteiger charge is 2.46. The highest BCUT2D eigenvalue weighted by atomic mass is 19.1. The standard InChI is InChI=1S/C7H12FNO/c8-6-4-9-5-7(6)2-1-3-10-7/h6,9H,1-5H2. The SMILES string of the molecule is FC1CNCC12CCCO2. The molecule has 3 heteroatoms. The van der Waals surface area contributed by atoms with Crippen LogP contribution in [-0.2, 0) is 4.74 Å². The van der Waals surface area contributed by atoms with E-state index < -0.39 is 11.8 Å². The molecule has 0 saturated carbocycles. The number of ether oxygens (including phenoxy) is 1. The smallest absolute Gasteiger partial charge is 0.143 e. The average molecular weight is 145 g/mol. The molecule has 0 bridgehead atoms. The molecule has 2 nitrogen and oxygen atoms in total. The van der Waals surface area contributed by atoms with Crippen LogP contribution in [-0.4, -0.2) is 31.5 Å². The van der Waals surface area contributed by atoms with E-state index >= 15 is 0 Å². The molecule has 58 valence electrons. The summed E-state index contributed by atoms with van der Waals surface area (Å²) in [5, 5.41) is 3.00. The van der Waals surface area contributed by atoms with Gasteiger partial charge in [0.25, 0.3) is 0 Å². The van der Waals surface area contributed by atoms with Crippen LogP contribution in [0.15, 0.2) is 0 Å². The van der Waals surface area contributed by atoms with Crippen molar-refractivity contribution in [3.8, 4) is 0 Å². The first-order valence-corrected chi connectivity index (χ1v) is 3.82. The van der Waals surface area contributed by atoms with Crippen molar-refractivity contribution >= 4 is 0 Å². The van der Waals surface area contributed by atoms with E-state index in [1.807, 2.05) is 0 Å². The number of hydrogen-bond donors (Lipinski definition) is 1. The lowest BCUT2D eigenvalue weighted by Crippen LogP contribution is -2.38. The fraction of sp³-hybridized carbons (Fsp3) is 1.00. The van der Waals surface area contributed by atoms with Gasteiger partial charge in [-0.1, -0.05) is 0 Å². The summed E-state index contributed by atoms with van der Waals surface area (Å²) in [7, 11) is 0. The van der Waals surface area contributed by atoms with Gasteiger partial charge in [0.2, 0.25) is 0 Å². The monoisotopic (exact) mass is 145 g/mol. The average Bonchev–Trinajstić information content (AvgIpc) is 2.48. The minimum Gasteiger partial charge on any atom is -0.371 e. The fourth-order valence-electron chi connectivity index (χ4n) is 1.81. The van der Waals surface area contributed by atoms with Crippen molar-refractivity contribution in [2.24, 2.45) is 0 Å². The molecule has 2 atom stereocenters. The van der Waals surface area contributed by atoms with Crippen LogP contribution in [0.4, 0.5) is 4.39 Å². The van der Waals surface area contributed by atoms with Gasteiger partial charge in [-0.3, -0.25) is 0 Å². The first-order valence-electron chi connectivity index (χ1n) is 3.82. The molecule has 0 aromatic rings. The summed E-state index contributed by atoms with van der Waals surface area (Å²) in [6, 6.07) is 0. The summed E-state index contributed by atoms with van der Waals surface area (Å²) in [5.41, 5.74) is -0.431. The van der Waals surface area contributed by atoms with Crippen molar-refractivity contribution in [2.75, 3.05) is 19.7 Å². The van der Waals surface area contributed by atoms with Crippen LogP contribution in [0.5, 0.6) is 0 Å². The van der Waals surface area contributed by atoms with E-state index in [2.05, 4.69) is 5.32 Å². The molecule has 0 radical (unpaired) electrons. The topological polar surface area (TPSA) is 21.3 Å². The lowest BCUT2D eigenvalue weighted by molar-refractivity contribution is -0.0261. The lowest BCUT2D eigenvalue weighted by Gasteiger charge is -2.23. The van der Waals surface area contributed by atoms with Gasteiger partial charge in [-0.05, 0) is 12.8 Å². The molecule has 10 heavy (non-hydrogen) atoms. The zero-order valence-corrected chi connectivity index (χ0v) is 5.90. The van der Waals surface area contributed by atoms with Gasteiger partial charge in [0.15, 0.2) is 0 Å².